The molecule has 12 rings (SSSR count). The molecule has 0 saturated carbocycles. The zero-order valence-corrected chi connectivity index (χ0v) is 28.3. The van der Waals surface area contributed by atoms with Gasteiger partial charge < -0.3 is 4.57 Å². The number of para-hydroxylation sites is 5. The predicted molar refractivity (Wildman–Crippen MR) is 217 cm³/mol. The molecule has 246 valence electrons. The summed E-state index contributed by atoms with van der Waals surface area (Å²) in [6.45, 7) is 0. The van der Waals surface area contributed by atoms with Crippen molar-refractivity contribution >= 4 is 82.1 Å². The molecule has 0 N–H and O–H groups in total. The Kier molecular flexibility index (Phi) is 5.68. The number of hydrogen-bond acceptors (Lipinski definition) is 3. The summed E-state index contributed by atoms with van der Waals surface area (Å²) in [6.07, 6.45) is 0. The van der Waals surface area contributed by atoms with Crippen LogP contribution in [0.25, 0.3) is 105 Å². The molecule has 0 saturated heterocycles. The maximum Gasteiger partial charge on any atom is 0.237 e. The van der Waals surface area contributed by atoms with E-state index >= 15 is 0 Å². The lowest BCUT2D eigenvalue weighted by Gasteiger charge is -2.14. The predicted octanol–water partition coefficient (Wildman–Crippen LogP) is 11.4. The Morgan fingerprint density at radius 3 is 1.79 bits per heavy atom. The first-order valence-electron chi connectivity index (χ1n) is 17.9. The fraction of sp³-hybridized carbons (Fsp3) is 0. The molecule has 6 nitrogen and oxygen atoms in total. The van der Waals surface area contributed by atoms with Crippen LogP contribution in [0.3, 0.4) is 0 Å². The second-order valence-electron chi connectivity index (χ2n) is 13.6. The summed E-state index contributed by atoms with van der Waals surface area (Å²) in [7, 11) is 0. The molecule has 0 radical (unpaired) electrons. The Hall–Kier alpha value is -7.31. The van der Waals surface area contributed by atoms with Crippen LogP contribution in [0, 0.1) is 0 Å². The van der Waals surface area contributed by atoms with Gasteiger partial charge >= 0.3 is 0 Å². The van der Waals surface area contributed by atoms with Gasteiger partial charge in [0.1, 0.15) is 11.2 Å². The molecule has 5 heterocycles. The van der Waals surface area contributed by atoms with E-state index in [2.05, 4.69) is 183 Å². The van der Waals surface area contributed by atoms with Gasteiger partial charge in [0.2, 0.25) is 5.95 Å². The Bertz CT molecular complexity index is 3460. The Morgan fingerprint density at radius 1 is 0.377 bits per heavy atom. The normalized spacial score (nSPS) is 12.2. The van der Waals surface area contributed by atoms with Gasteiger partial charge in [0, 0.05) is 43.6 Å². The van der Waals surface area contributed by atoms with Gasteiger partial charge in [-0.05, 0) is 47.9 Å². The molecular weight excluding hydrogens is 649 g/mol. The lowest BCUT2D eigenvalue weighted by Crippen LogP contribution is -2.05. The summed E-state index contributed by atoms with van der Waals surface area (Å²) in [5.41, 5.74) is 11.1. The van der Waals surface area contributed by atoms with Crippen LogP contribution in [-0.4, -0.2) is 28.5 Å². The fourth-order valence-electron chi connectivity index (χ4n) is 8.64. The van der Waals surface area contributed by atoms with Gasteiger partial charge in [0.15, 0.2) is 5.65 Å². The highest BCUT2D eigenvalue weighted by Gasteiger charge is 2.25. The molecule has 7 aromatic carbocycles. The third-order valence-electron chi connectivity index (χ3n) is 10.8. The molecule has 0 aliphatic rings. The van der Waals surface area contributed by atoms with Crippen molar-refractivity contribution in [3.63, 3.8) is 0 Å². The van der Waals surface area contributed by atoms with Crippen LogP contribution >= 0.6 is 0 Å². The highest BCUT2D eigenvalue weighted by Crippen LogP contribution is 2.41. The summed E-state index contributed by atoms with van der Waals surface area (Å²) in [6, 6.07) is 59.8. The average molecular weight is 677 g/mol. The van der Waals surface area contributed by atoms with Gasteiger partial charge in [-0.25, -0.2) is 15.0 Å². The van der Waals surface area contributed by atoms with Crippen LogP contribution in [0.15, 0.2) is 170 Å². The van der Waals surface area contributed by atoms with Crippen molar-refractivity contribution in [1.29, 1.82) is 0 Å². The summed E-state index contributed by atoms with van der Waals surface area (Å²) < 4.78 is 6.88. The maximum absolute atomic E-state index is 5.58. The van der Waals surface area contributed by atoms with Crippen molar-refractivity contribution < 1.29 is 0 Å². The van der Waals surface area contributed by atoms with Gasteiger partial charge in [-0.2, -0.15) is 0 Å². The van der Waals surface area contributed by atoms with Crippen LogP contribution < -0.4 is 0 Å². The van der Waals surface area contributed by atoms with Crippen molar-refractivity contribution in [2.45, 2.75) is 0 Å². The molecule has 0 atom stereocenters. The molecule has 0 aliphatic carbocycles. The second kappa shape index (κ2) is 10.6. The van der Waals surface area contributed by atoms with Crippen molar-refractivity contribution in [2.75, 3.05) is 0 Å². The minimum absolute atomic E-state index is 0.604. The summed E-state index contributed by atoms with van der Waals surface area (Å²) in [4.78, 5) is 16.3. The van der Waals surface area contributed by atoms with E-state index in [1.54, 1.807) is 0 Å². The minimum atomic E-state index is 0.604. The van der Waals surface area contributed by atoms with Crippen LogP contribution in [0.4, 0.5) is 0 Å². The molecule has 0 bridgehead atoms. The first-order chi connectivity index (χ1) is 26.3. The fourth-order valence-corrected chi connectivity index (χ4v) is 8.64. The van der Waals surface area contributed by atoms with E-state index in [4.69, 9.17) is 15.0 Å². The van der Waals surface area contributed by atoms with Crippen LogP contribution in [-0.2, 0) is 0 Å². The van der Waals surface area contributed by atoms with E-state index in [1.807, 2.05) is 0 Å². The quantitative estimate of drug-likeness (QED) is 0.175. The first kappa shape index (κ1) is 28.4. The summed E-state index contributed by atoms with van der Waals surface area (Å²) in [5, 5.41) is 7.88. The molecule has 0 aliphatic heterocycles. The zero-order valence-electron chi connectivity index (χ0n) is 28.3. The molecule has 0 fully saturated rings. The smallest absolute Gasteiger partial charge is 0.237 e. The average Bonchev–Trinajstić information content (AvgIpc) is 3.88. The monoisotopic (exact) mass is 676 g/mol. The van der Waals surface area contributed by atoms with E-state index in [9.17, 15) is 0 Å². The largest absolute Gasteiger partial charge is 0.309 e. The standard InChI is InChI=1S/C47H28N6/c1-2-15-29(16-3-1)51-39-26-12-8-21-34(39)42-36(23-14-28-41(42)51)43-33-20-6-10-24-37(33)48-47(50-43)53-40-27-13-9-22-35(40)44-46(53)52-38-25-11-7-18-31(38)30-17-4-5-19-32(30)45(52)49-44/h1-28H. The van der Waals surface area contributed by atoms with E-state index in [0.717, 1.165) is 82.9 Å². The van der Waals surface area contributed by atoms with E-state index in [-0.39, 0.29) is 0 Å². The zero-order chi connectivity index (χ0) is 34.6. The molecule has 53 heavy (non-hydrogen) atoms. The number of fused-ring (bicyclic) bond motifs is 14. The van der Waals surface area contributed by atoms with Crippen molar-refractivity contribution in [1.82, 2.24) is 28.5 Å². The Labute approximate surface area is 302 Å². The van der Waals surface area contributed by atoms with E-state index in [0.29, 0.717) is 5.95 Å². The van der Waals surface area contributed by atoms with Gasteiger partial charge in [0.05, 0.1) is 33.3 Å². The third-order valence-corrected chi connectivity index (χ3v) is 10.8. The van der Waals surface area contributed by atoms with Crippen molar-refractivity contribution in [2.24, 2.45) is 0 Å². The molecule has 0 unspecified atom stereocenters. The summed E-state index contributed by atoms with van der Waals surface area (Å²) in [5.74, 6) is 0.604. The number of hydrogen-bond donors (Lipinski definition) is 0. The highest BCUT2D eigenvalue weighted by molar-refractivity contribution is 6.18. The molecule has 0 amide bonds. The van der Waals surface area contributed by atoms with Crippen LogP contribution in [0.1, 0.15) is 0 Å². The van der Waals surface area contributed by atoms with Gasteiger partial charge in [0.25, 0.3) is 0 Å². The van der Waals surface area contributed by atoms with Crippen molar-refractivity contribution in [3.8, 4) is 22.9 Å². The lowest BCUT2D eigenvalue weighted by atomic mass is 10.0. The topological polar surface area (TPSA) is 52.9 Å². The lowest BCUT2D eigenvalue weighted by molar-refractivity contribution is 0.993. The van der Waals surface area contributed by atoms with Crippen LogP contribution in [0.5, 0.6) is 0 Å². The van der Waals surface area contributed by atoms with E-state index < -0.39 is 0 Å². The molecule has 5 aromatic heterocycles. The number of rotatable bonds is 3. The highest BCUT2D eigenvalue weighted by atomic mass is 15.2. The first-order valence-corrected chi connectivity index (χ1v) is 17.9. The Balaban J connectivity index is 1.24. The molecule has 0 spiro atoms. The van der Waals surface area contributed by atoms with Crippen LogP contribution in [0.2, 0.25) is 0 Å². The number of benzene rings is 7. The molecular formula is C47H28N6. The number of pyridine rings is 1. The molecule has 6 heteroatoms. The Morgan fingerprint density at radius 2 is 0.981 bits per heavy atom. The number of aromatic nitrogens is 6. The van der Waals surface area contributed by atoms with Gasteiger partial charge in [-0.1, -0.05) is 127 Å². The SMILES string of the molecule is c1ccc(-n2c3ccccc3c3c(-c4nc(-n5c6ccccc6c6nc7c8ccccc8c8ccccc8n7c65)nc5ccccc45)cccc32)cc1. The van der Waals surface area contributed by atoms with Crippen molar-refractivity contribution in [3.05, 3.63) is 170 Å². The third kappa shape index (κ3) is 3.84. The van der Waals surface area contributed by atoms with E-state index in [1.165, 1.54) is 16.2 Å². The minimum Gasteiger partial charge on any atom is -0.309 e. The maximum atomic E-state index is 5.58. The number of imidazole rings is 1. The molecule has 12 aromatic rings. The van der Waals surface area contributed by atoms with Gasteiger partial charge in [-0.3, -0.25) is 8.97 Å². The summed E-state index contributed by atoms with van der Waals surface area (Å²) >= 11 is 0. The second-order valence-corrected chi connectivity index (χ2v) is 13.6. The number of nitrogens with zero attached hydrogens (tertiary/aromatic N) is 6. The van der Waals surface area contributed by atoms with Gasteiger partial charge in [-0.15, -0.1) is 0 Å².